The van der Waals surface area contributed by atoms with Crippen molar-refractivity contribution in [2.45, 2.75) is 13.5 Å². The topological polar surface area (TPSA) is 93.1 Å². The van der Waals surface area contributed by atoms with E-state index in [-0.39, 0.29) is 15.7 Å². The lowest BCUT2D eigenvalue weighted by Gasteiger charge is -2.10. The van der Waals surface area contributed by atoms with Gasteiger partial charge in [0.25, 0.3) is 11.5 Å². The van der Waals surface area contributed by atoms with E-state index in [1.54, 1.807) is 30.3 Å². The van der Waals surface area contributed by atoms with E-state index in [0.29, 0.717) is 11.4 Å². The Labute approximate surface area is 176 Å². The summed E-state index contributed by atoms with van der Waals surface area (Å²) in [5.74, 6) is -1.04. The molecule has 0 atom stereocenters. The number of halogens is 2. The van der Waals surface area contributed by atoms with Crippen LogP contribution in [0, 0.1) is 6.92 Å². The van der Waals surface area contributed by atoms with Crippen molar-refractivity contribution < 1.29 is 9.59 Å². The summed E-state index contributed by atoms with van der Waals surface area (Å²) >= 11 is 12.0. The van der Waals surface area contributed by atoms with Gasteiger partial charge in [0.1, 0.15) is 12.2 Å². The van der Waals surface area contributed by atoms with Crippen LogP contribution in [0.4, 0.5) is 11.4 Å². The number of nitrogens with zero attached hydrogens (tertiary/aromatic N) is 2. The average Bonchev–Trinajstić information content (AvgIpc) is 2.69. The molecule has 1 aromatic heterocycles. The van der Waals surface area contributed by atoms with Gasteiger partial charge in [-0.3, -0.25) is 14.4 Å². The van der Waals surface area contributed by atoms with Crippen molar-refractivity contribution in [2.24, 2.45) is 0 Å². The lowest BCUT2D eigenvalue weighted by Crippen LogP contribution is -2.31. The minimum absolute atomic E-state index is 0.00115. The number of carbonyl (C=O) groups is 2. The van der Waals surface area contributed by atoms with Gasteiger partial charge in [0.2, 0.25) is 5.91 Å². The summed E-state index contributed by atoms with van der Waals surface area (Å²) in [6, 6.07) is 14.5. The van der Waals surface area contributed by atoms with Crippen molar-refractivity contribution in [2.75, 3.05) is 10.6 Å². The smallest absolute Gasteiger partial charge is 0.276 e. The first kappa shape index (κ1) is 20.6. The summed E-state index contributed by atoms with van der Waals surface area (Å²) in [7, 11) is 0. The average molecular weight is 431 g/mol. The number of rotatable bonds is 5. The number of anilines is 2. The third-order valence-corrected chi connectivity index (χ3v) is 4.75. The van der Waals surface area contributed by atoms with E-state index in [4.69, 9.17) is 23.2 Å². The van der Waals surface area contributed by atoms with Gasteiger partial charge in [0.05, 0.1) is 15.7 Å². The van der Waals surface area contributed by atoms with Crippen LogP contribution in [0.2, 0.25) is 10.0 Å². The maximum Gasteiger partial charge on any atom is 0.276 e. The molecule has 0 radical (unpaired) electrons. The largest absolute Gasteiger partial charge is 0.323 e. The maximum absolute atomic E-state index is 12.4. The number of hydrogen-bond donors (Lipinski definition) is 2. The fourth-order valence-corrected chi connectivity index (χ4v) is 2.79. The van der Waals surface area contributed by atoms with E-state index in [1.165, 1.54) is 12.1 Å². The fraction of sp³-hybridized carbons (Fsp3) is 0.100. The molecule has 0 aliphatic rings. The standard InChI is InChI=1S/C20H16Cl2N4O3/c1-12-5-7-13(8-6-12)23-20(29)16-9-10-18(28)26(25-16)11-17(27)24-15-4-2-3-14(21)19(15)22/h2-10H,11H2,1H3,(H,23,29)(H,24,27). The number of amides is 2. The predicted molar refractivity (Wildman–Crippen MR) is 113 cm³/mol. The van der Waals surface area contributed by atoms with Crippen molar-refractivity contribution >= 4 is 46.4 Å². The number of aryl methyl sites for hydroxylation is 1. The van der Waals surface area contributed by atoms with Gasteiger partial charge in [-0.25, -0.2) is 4.68 Å². The zero-order chi connectivity index (χ0) is 21.0. The molecule has 3 rings (SSSR count). The van der Waals surface area contributed by atoms with E-state index < -0.39 is 23.9 Å². The molecule has 0 bridgehead atoms. The normalized spacial score (nSPS) is 10.4. The first-order valence-electron chi connectivity index (χ1n) is 8.53. The molecule has 2 N–H and O–H groups in total. The highest BCUT2D eigenvalue weighted by Gasteiger charge is 2.13. The Kier molecular flexibility index (Phi) is 6.31. The second kappa shape index (κ2) is 8.89. The highest BCUT2D eigenvalue weighted by atomic mass is 35.5. The Hall–Kier alpha value is -3.16. The van der Waals surface area contributed by atoms with Crippen molar-refractivity contribution in [3.05, 3.63) is 86.3 Å². The predicted octanol–water partition coefficient (Wildman–Crippen LogP) is 3.75. The fourth-order valence-electron chi connectivity index (χ4n) is 2.44. The Morgan fingerprint density at radius 3 is 2.45 bits per heavy atom. The van der Waals surface area contributed by atoms with Crippen LogP contribution in [0.3, 0.4) is 0 Å². The van der Waals surface area contributed by atoms with Crippen LogP contribution in [0.5, 0.6) is 0 Å². The Morgan fingerprint density at radius 2 is 1.72 bits per heavy atom. The lowest BCUT2D eigenvalue weighted by molar-refractivity contribution is -0.117. The Morgan fingerprint density at radius 1 is 1.00 bits per heavy atom. The zero-order valence-electron chi connectivity index (χ0n) is 15.3. The second-order valence-corrected chi connectivity index (χ2v) is 6.97. The molecule has 2 amide bonds. The Bertz CT molecular complexity index is 1130. The molecule has 0 fully saturated rings. The summed E-state index contributed by atoms with van der Waals surface area (Å²) in [5.41, 5.74) is 1.43. The minimum Gasteiger partial charge on any atom is -0.323 e. The molecule has 1 heterocycles. The lowest BCUT2D eigenvalue weighted by atomic mass is 10.2. The molecule has 148 valence electrons. The number of hydrogen-bond acceptors (Lipinski definition) is 4. The molecule has 0 aliphatic carbocycles. The molecule has 0 aliphatic heterocycles. The van der Waals surface area contributed by atoms with Gasteiger partial charge < -0.3 is 10.6 Å². The first-order chi connectivity index (χ1) is 13.8. The van der Waals surface area contributed by atoms with Crippen LogP contribution < -0.4 is 16.2 Å². The van der Waals surface area contributed by atoms with E-state index in [2.05, 4.69) is 15.7 Å². The van der Waals surface area contributed by atoms with Crippen molar-refractivity contribution in [1.82, 2.24) is 9.78 Å². The van der Waals surface area contributed by atoms with Crippen molar-refractivity contribution in [1.29, 1.82) is 0 Å². The van der Waals surface area contributed by atoms with Crippen LogP contribution in [-0.4, -0.2) is 21.6 Å². The number of aromatic nitrogens is 2. The second-order valence-electron chi connectivity index (χ2n) is 6.18. The molecule has 9 heteroatoms. The van der Waals surface area contributed by atoms with Gasteiger partial charge in [0, 0.05) is 11.8 Å². The van der Waals surface area contributed by atoms with Gasteiger partial charge in [-0.1, -0.05) is 47.0 Å². The Balaban J connectivity index is 1.73. The third-order valence-electron chi connectivity index (χ3n) is 3.93. The summed E-state index contributed by atoms with van der Waals surface area (Å²) in [6.07, 6.45) is 0. The number of benzene rings is 2. The van der Waals surface area contributed by atoms with Crippen LogP contribution in [0.25, 0.3) is 0 Å². The van der Waals surface area contributed by atoms with E-state index in [1.807, 2.05) is 19.1 Å². The molecule has 29 heavy (non-hydrogen) atoms. The molecule has 2 aromatic carbocycles. The SMILES string of the molecule is Cc1ccc(NC(=O)c2ccc(=O)n(CC(=O)Nc3cccc(Cl)c3Cl)n2)cc1. The van der Waals surface area contributed by atoms with Crippen LogP contribution in [0.1, 0.15) is 16.1 Å². The van der Waals surface area contributed by atoms with Crippen LogP contribution >= 0.6 is 23.2 Å². The minimum atomic E-state index is -0.542. The van der Waals surface area contributed by atoms with Gasteiger partial charge in [-0.2, -0.15) is 5.10 Å². The van der Waals surface area contributed by atoms with E-state index >= 15 is 0 Å². The third kappa shape index (κ3) is 5.22. The van der Waals surface area contributed by atoms with Gasteiger partial charge in [-0.05, 0) is 37.3 Å². The van der Waals surface area contributed by atoms with Crippen LogP contribution in [0.15, 0.2) is 59.4 Å². The summed E-state index contributed by atoms with van der Waals surface area (Å²) in [4.78, 5) is 36.7. The van der Waals surface area contributed by atoms with Gasteiger partial charge >= 0.3 is 0 Å². The summed E-state index contributed by atoms with van der Waals surface area (Å²) < 4.78 is 0.901. The number of carbonyl (C=O) groups excluding carboxylic acids is 2. The first-order valence-corrected chi connectivity index (χ1v) is 9.29. The molecule has 0 saturated carbocycles. The molecule has 0 unspecified atom stereocenters. The summed E-state index contributed by atoms with van der Waals surface area (Å²) in [5, 5.41) is 9.71. The zero-order valence-corrected chi connectivity index (χ0v) is 16.8. The van der Waals surface area contributed by atoms with Crippen LogP contribution in [-0.2, 0) is 11.3 Å². The van der Waals surface area contributed by atoms with E-state index in [0.717, 1.165) is 10.2 Å². The van der Waals surface area contributed by atoms with Gasteiger partial charge in [-0.15, -0.1) is 0 Å². The molecule has 0 spiro atoms. The van der Waals surface area contributed by atoms with Crippen molar-refractivity contribution in [3.8, 4) is 0 Å². The molecular formula is C20H16Cl2N4O3. The highest BCUT2D eigenvalue weighted by Crippen LogP contribution is 2.29. The molecule has 7 nitrogen and oxygen atoms in total. The molecule has 3 aromatic rings. The van der Waals surface area contributed by atoms with Crippen molar-refractivity contribution in [3.63, 3.8) is 0 Å². The number of nitrogens with one attached hydrogen (secondary N) is 2. The molecule has 0 saturated heterocycles. The monoisotopic (exact) mass is 430 g/mol. The maximum atomic E-state index is 12.4. The quantitative estimate of drug-likeness (QED) is 0.644. The highest BCUT2D eigenvalue weighted by molar-refractivity contribution is 6.43. The summed E-state index contributed by atoms with van der Waals surface area (Å²) in [6.45, 7) is 1.54. The van der Waals surface area contributed by atoms with E-state index in [9.17, 15) is 14.4 Å². The van der Waals surface area contributed by atoms with Gasteiger partial charge in [0.15, 0.2) is 0 Å². The molecular weight excluding hydrogens is 415 g/mol.